The van der Waals surface area contributed by atoms with Gasteiger partial charge in [-0.25, -0.2) is 13.2 Å². The zero-order chi connectivity index (χ0) is 18.7. The number of carbonyl (C=O) groups is 1. The Morgan fingerprint density at radius 1 is 1.08 bits per heavy atom. The number of nitrogens with two attached hydrogens (primary N) is 1. The molecule has 1 aliphatic heterocycles. The summed E-state index contributed by atoms with van der Waals surface area (Å²) in [5.74, 6) is -0.0276. The lowest BCUT2D eigenvalue weighted by atomic mass is 9.95. The predicted molar refractivity (Wildman–Crippen MR) is 100 cm³/mol. The molecule has 1 aliphatic rings. The molecule has 7 nitrogen and oxygen atoms in total. The Bertz CT molecular complexity index is 869. The maximum atomic E-state index is 12.9. The number of nitrogens with one attached hydrogen (secondary N) is 2. The van der Waals surface area contributed by atoms with E-state index in [9.17, 15) is 13.2 Å². The molecule has 138 valence electrons. The Morgan fingerprint density at radius 2 is 1.73 bits per heavy atom. The lowest BCUT2D eigenvalue weighted by molar-refractivity contribution is 0.254. The van der Waals surface area contributed by atoms with Gasteiger partial charge in [-0.2, -0.15) is 4.31 Å². The molecule has 0 aromatic heterocycles. The van der Waals surface area contributed by atoms with E-state index >= 15 is 0 Å². The first-order valence-electron chi connectivity index (χ1n) is 8.31. The van der Waals surface area contributed by atoms with Gasteiger partial charge in [0.05, 0.1) is 4.90 Å². The number of carbonyl (C=O) groups excluding carboxylic acids is 1. The first kappa shape index (κ1) is 18.4. The molecular formula is C18H22N4O3S. The Kier molecular flexibility index (Phi) is 5.26. The molecule has 0 aliphatic carbocycles. The minimum atomic E-state index is -3.64. The van der Waals surface area contributed by atoms with Crippen LogP contribution in [0.2, 0.25) is 0 Å². The van der Waals surface area contributed by atoms with Crippen LogP contribution in [0, 0.1) is 0 Å². The molecule has 0 radical (unpaired) electrons. The van der Waals surface area contributed by atoms with Crippen LogP contribution in [0.25, 0.3) is 0 Å². The van der Waals surface area contributed by atoms with Crippen LogP contribution in [0.15, 0.2) is 59.5 Å². The second-order valence-electron chi connectivity index (χ2n) is 6.23. The van der Waals surface area contributed by atoms with E-state index in [0.717, 1.165) is 5.56 Å². The fourth-order valence-corrected chi connectivity index (χ4v) is 4.60. The third kappa shape index (κ3) is 3.72. The first-order chi connectivity index (χ1) is 12.4. The van der Waals surface area contributed by atoms with E-state index in [1.165, 1.54) is 23.5 Å². The zero-order valence-corrected chi connectivity index (χ0v) is 15.2. The molecule has 0 spiro atoms. The second-order valence-corrected chi connectivity index (χ2v) is 8.17. The Hall–Kier alpha value is -2.42. The monoisotopic (exact) mass is 374 g/mol. The van der Waals surface area contributed by atoms with Crippen LogP contribution < -0.4 is 16.4 Å². The van der Waals surface area contributed by atoms with E-state index in [4.69, 9.17) is 5.73 Å². The summed E-state index contributed by atoms with van der Waals surface area (Å²) in [6.07, 6.45) is 0. The maximum Gasteiger partial charge on any atom is 0.318 e. The average molecular weight is 374 g/mol. The van der Waals surface area contributed by atoms with Gasteiger partial charge in [0.15, 0.2) is 0 Å². The molecule has 0 bridgehead atoms. The highest BCUT2D eigenvalue weighted by Gasteiger charge is 2.38. The minimum Gasteiger partial charge on any atom is -0.341 e. The number of urea groups is 1. The van der Waals surface area contributed by atoms with Crippen molar-refractivity contribution in [3.63, 3.8) is 0 Å². The van der Waals surface area contributed by atoms with Gasteiger partial charge >= 0.3 is 6.03 Å². The fourth-order valence-electron chi connectivity index (χ4n) is 3.09. The molecule has 2 aromatic carbocycles. The average Bonchev–Trinajstić information content (AvgIpc) is 3.05. The van der Waals surface area contributed by atoms with E-state index in [2.05, 4.69) is 10.6 Å². The minimum absolute atomic E-state index is 0.0276. The molecule has 1 heterocycles. The molecule has 2 atom stereocenters. The third-order valence-electron chi connectivity index (χ3n) is 4.54. The van der Waals surface area contributed by atoms with Crippen molar-refractivity contribution < 1.29 is 13.2 Å². The van der Waals surface area contributed by atoms with Gasteiger partial charge in [0.25, 0.3) is 0 Å². The lowest BCUT2D eigenvalue weighted by Crippen LogP contribution is -2.32. The third-order valence-corrected chi connectivity index (χ3v) is 6.38. The molecule has 4 N–H and O–H groups in total. The number of sulfonamides is 1. The van der Waals surface area contributed by atoms with Gasteiger partial charge < -0.3 is 16.4 Å². The van der Waals surface area contributed by atoms with Crippen LogP contribution >= 0.6 is 0 Å². The van der Waals surface area contributed by atoms with E-state index in [-0.39, 0.29) is 29.4 Å². The van der Waals surface area contributed by atoms with Gasteiger partial charge in [-0.1, -0.05) is 30.3 Å². The molecule has 0 unspecified atom stereocenters. The fraction of sp³-hybridized carbons (Fsp3) is 0.278. The van der Waals surface area contributed by atoms with Crippen LogP contribution in [0.5, 0.6) is 0 Å². The van der Waals surface area contributed by atoms with Crippen molar-refractivity contribution in [1.82, 2.24) is 9.62 Å². The van der Waals surface area contributed by atoms with E-state index < -0.39 is 10.0 Å². The number of nitrogens with zero attached hydrogens (tertiary/aromatic N) is 1. The molecule has 2 aromatic rings. The number of hydrogen-bond donors (Lipinski definition) is 3. The summed E-state index contributed by atoms with van der Waals surface area (Å²) >= 11 is 0. The SMILES string of the molecule is CNC(=O)Nc1ccc(S(=O)(=O)N2C[C@H](c3ccccc3)[C@@H](N)C2)cc1. The van der Waals surface area contributed by atoms with Gasteiger partial charge in [0.1, 0.15) is 0 Å². The van der Waals surface area contributed by atoms with Crippen LogP contribution in [-0.4, -0.2) is 44.9 Å². The second kappa shape index (κ2) is 7.45. The quantitative estimate of drug-likeness (QED) is 0.755. The standard InChI is InChI=1S/C18H22N4O3S/c1-20-18(23)21-14-7-9-15(10-8-14)26(24,25)22-11-16(17(19)12-22)13-5-3-2-4-6-13/h2-10,16-17H,11-12,19H2,1H3,(H2,20,21,23)/t16-,17+/m1/s1. The first-order valence-corrected chi connectivity index (χ1v) is 9.75. The summed E-state index contributed by atoms with van der Waals surface area (Å²) in [6, 6.07) is 15.2. The van der Waals surface area contributed by atoms with E-state index in [0.29, 0.717) is 12.2 Å². The Labute approximate surface area is 153 Å². The summed E-state index contributed by atoms with van der Waals surface area (Å²) in [4.78, 5) is 11.5. The molecule has 2 amide bonds. The highest BCUT2D eigenvalue weighted by atomic mass is 32.2. The topological polar surface area (TPSA) is 105 Å². The summed E-state index contributed by atoms with van der Waals surface area (Å²) in [5, 5.41) is 5.03. The summed E-state index contributed by atoms with van der Waals surface area (Å²) < 4.78 is 27.3. The van der Waals surface area contributed by atoms with Gasteiger partial charge in [-0.15, -0.1) is 0 Å². The van der Waals surface area contributed by atoms with E-state index in [1.54, 1.807) is 12.1 Å². The van der Waals surface area contributed by atoms with Crippen LogP contribution in [-0.2, 0) is 10.0 Å². The number of benzene rings is 2. The van der Waals surface area contributed by atoms with Crippen molar-refractivity contribution >= 4 is 21.7 Å². The maximum absolute atomic E-state index is 12.9. The van der Waals surface area contributed by atoms with Crippen molar-refractivity contribution in [3.8, 4) is 0 Å². The molecular weight excluding hydrogens is 352 g/mol. The number of rotatable bonds is 4. The molecule has 1 fully saturated rings. The van der Waals surface area contributed by atoms with Crippen molar-refractivity contribution in [2.24, 2.45) is 5.73 Å². The Morgan fingerprint density at radius 3 is 2.35 bits per heavy atom. The number of amides is 2. The normalized spacial score (nSPS) is 20.7. The van der Waals surface area contributed by atoms with Crippen molar-refractivity contribution in [1.29, 1.82) is 0 Å². The summed E-state index contributed by atoms with van der Waals surface area (Å²) in [6.45, 7) is 0.631. The molecule has 26 heavy (non-hydrogen) atoms. The van der Waals surface area contributed by atoms with E-state index in [1.807, 2.05) is 30.3 Å². The largest absolute Gasteiger partial charge is 0.341 e. The smallest absolute Gasteiger partial charge is 0.318 e. The number of anilines is 1. The zero-order valence-electron chi connectivity index (χ0n) is 14.4. The highest BCUT2D eigenvalue weighted by Crippen LogP contribution is 2.30. The molecule has 1 saturated heterocycles. The molecule has 8 heteroatoms. The molecule has 3 rings (SSSR count). The van der Waals surface area contributed by atoms with Gasteiger partial charge in [0.2, 0.25) is 10.0 Å². The van der Waals surface area contributed by atoms with Crippen LogP contribution in [0.1, 0.15) is 11.5 Å². The summed E-state index contributed by atoms with van der Waals surface area (Å²) in [5.41, 5.74) is 7.77. The van der Waals surface area contributed by atoms with Crippen molar-refractivity contribution in [2.75, 3.05) is 25.5 Å². The van der Waals surface area contributed by atoms with Crippen molar-refractivity contribution in [2.45, 2.75) is 16.9 Å². The van der Waals surface area contributed by atoms with Gasteiger partial charge in [-0.3, -0.25) is 0 Å². The van der Waals surface area contributed by atoms with Crippen LogP contribution in [0.4, 0.5) is 10.5 Å². The highest BCUT2D eigenvalue weighted by molar-refractivity contribution is 7.89. The lowest BCUT2D eigenvalue weighted by Gasteiger charge is -2.17. The van der Waals surface area contributed by atoms with Gasteiger partial charge in [0, 0.05) is 37.8 Å². The number of hydrogen-bond acceptors (Lipinski definition) is 4. The van der Waals surface area contributed by atoms with Crippen molar-refractivity contribution in [3.05, 3.63) is 60.2 Å². The summed E-state index contributed by atoms with van der Waals surface area (Å²) in [7, 11) is -2.13. The predicted octanol–water partition coefficient (Wildman–Crippen LogP) is 1.55. The van der Waals surface area contributed by atoms with Gasteiger partial charge in [-0.05, 0) is 29.8 Å². The molecule has 0 saturated carbocycles. The van der Waals surface area contributed by atoms with Crippen LogP contribution in [0.3, 0.4) is 0 Å². The Balaban J connectivity index is 1.77.